The summed E-state index contributed by atoms with van der Waals surface area (Å²) in [5.41, 5.74) is 0. The lowest BCUT2D eigenvalue weighted by molar-refractivity contribution is -0.177. The topological polar surface area (TPSA) is 47.6 Å². The predicted molar refractivity (Wildman–Crippen MR) is 46.3 cm³/mol. The second kappa shape index (κ2) is 4.07. The van der Waals surface area contributed by atoms with Gasteiger partial charge in [0.1, 0.15) is 6.10 Å². The summed E-state index contributed by atoms with van der Waals surface area (Å²) in [6.45, 7) is 2.94. The molecule has 0 aromatic rings. The highest BCUT2D eigenvalue weighted by atomic mass is 16.6. The van der Waals surface area contributed by atoms with Crippen molar-refractivity contribution in [3.63, 3.8) is 0 Å². The standard InChI is InChI=1S/C9H15NO3/c11-9(13-8-5-12-6-8)7-2-1-3-10-4-7/h7-8,10H,1-6H2. The van der Waals surface area contributed by atoms with Gasteiger partial charge in [-0.1, -0.05) is 0 Å². The van der Waals surface area contributed by atoms with Crippen LogP contribution in [-0.2, 0) is 14.3 Å². The summed E-state index contributed by atoms with van der Waals surface area (Å²) in [5.74, 6) is 0.00912. The quantitative estimate of drug-likeness (QED) is 0.612. The van der Waals surface area contributed by atoms with Crippen molar-refractivity contribution < 1.29 is 14.3 Å². The Kier molecular flexibility index (Phi) is 2.80. The Morgan fingerprint density at radius 3 is 2.85 bits per heavy atom. The van der Waals surface area contributed by atoms with Crippen LogP contribution in [0.25, 0.3) is 0 Å². The van der Waals surface area contributed by atoms with Gasteiger partial charge < -0.3 is 14.8 Å². The van der Waals surface area contributed by atoms with Crippen LogP contribution in [0.3, 0.4) is 0 Å². The average Bonchev–Trinajstić information content (AvgIpc) is 2.12. The Morgan fingerprint density at radius 2 is 2.31 bits per heavy atom. The maximum absolute atomic E-state index is 11.5. The zero-order valence-corrected chi connectivity index (χ0v) is 7.62. The molecule has 0 radical (unpaired) electrons. The van der Waals surface area contributed by atoms with Crippen LogP contribution in [0.15, 0.2) is 0 Å². The van der Waals surface area contributed by atoms with E-state index in [0.717, 1.165) is 25.9 Å². The molecule has 74 valence electrons. The van der Waals surface area contributed by atoms with Gasteiger partial charge >= 0.3 is 5.97 Å². The van der Waals surface area contributed by atoms with E-state index in [1.54, 1.807) is 0 Å². The van der Waals surface area contributed by atoms with Gasteiger partial charge in [0.05, 0.1) is 19.1 Å². The minimum Gasteiger partial charge on any atom is -0.457 e. The first kappa shape index (κ1) is 8.97. The molecule has 0 aromatic heterocycles. The van der Waals surface area contributed by atoms with Gasteiger partial charge in [0.2, 0.25) is 0 Å². The molecule has 4 nitrogen and oxygen atoms in total. The number of carbonyl (C=O) groups excluding carboxylic acids is 1. The molecule has 2 aliphatic heterocycles. The third-order valence-electron chi connectivity index (χ3n) is 2.52. The van der Waals surface area contributed by atoms with E-state index in [-0.39, 0.29) is 18.0 Å². The minimum atomic E-state index is -0.0551. The molecule has 2 heterocycles. The van der Waals surface area contributed by atoms with Crippen molar-refractivity contribution in [3.05, 3.63) is 0 Å². The molecule has 2 saturated heterocycles. The van der Waals surface area contributed by atoms with E-state index in [0.29, 0.717) is 13.2 Å². The number of nitrogens with one attached hydrogen (secondary N) is 1. The first-order valence-corrected chi connectivity index (χ1v) is 4.85. The summed E-state index contributed by atoms with van der Waals surface area (Å²) in [7, 11) is 0. The molecule has 1 unspecified atom stereocenters. The van der Waals surface area contributed by atoms with E-state index < -0.39 is 0 Å². The SMILES string of the molecule is O=C(OC1COC1)C1CCCNC1. The smallest absolute Gasteiger partial charge is 0.310 e. The minimum absolute atomic E-state index is 0.0226. The fourth-order valence-corrected chi connectivity index (χ4v) is 1.60. The lowest BCUT2D eigenvalue weighted by Gasteiger charge is -2.29. The van der Waals surface area contributed by atoms with Crippen LogP contribution in [0.1, 0.15) is 12.8 Å². The number of piperidine rings is 1. The van der Waals surface area contributed by atoms with Gasteiger partial charge in [0.25, 0.3) is 0 Å². The van der Waals surface area contributed by atoms with Gasteiger partial charge in [0, 0.05) is 6.54 Å². The first-order chi connectivity index (χ1) is 6.36. The van der Waals surface area contributed by atoms with Gasteiger partial charge in [0.15, 0.2) is 0 Å². The van der Waals surface area contributed by atoms with Crippen LogP contribution in [0, 0.1) is 5.92 Å². The fraction of sp³-hybridized carbons (Fsp3) is 0.889. The van der Waals surface area contributed by atoms with E-state index in [4.69, 9.17) is 9.47 Å². The van der Waals surface area contributed by atoms with Crippen LogP contribution >= 0.6 is 0 Å². The maximum Gasteiger partial charge on any atom is 0.310 e. The molecule has 0 spiro atoms. The van der Waals surface area contributed by atoms with Gasteiger partial charge in [-0.25, -0.2) is 0 Å². The van der Waals surface area contributed by atoms with Crippen LogP contribution in [0.2, 0.25) is 0 Å². The molecule has 0 aliphatic carbocycles. The molecule has 2 fully saturated rings. The van der Waals surface area contributed by atoms with Gasteiger partial charge in [-0.2, -0.15) is 0 Å². The second-order valence-corrected chi connectivity index (χ2v) is 3.64. The monoisotopic (exact) mass is 185 g/mol. The number of rotatable bonds is 2. The van der Waals surface area contributed by atoms with Crippen molar-refractivity contribution >= 4 is 5.97 Å². The Labute approximate surface area is 77.6 Å². The molecule has 1 N–H and O–H groups in total. The Hall–Kier alpha value is -0.610. The van der Waals surface area contributed by atoms with Crippen LogP contribution < -0.4 is 5.32 Å². The Morgan fingerprint density at radius 1 is 1.46 bits per heavy atom. The Bertz CT molecular complexity index is 185. The zero-order valence-electron chi connectivity index (χ0n) is 7.62. The normalized spacial score (nSPS) is 29.4. The molecule has 0 saturated carbocycles. The highest BCUT2D eigenvalue weighted by molar-refractivity contribution is 5.73. The fourth-order valence-electron chi connectivity index (χ4n) is 1.60. The van der Waals surface area contributed by atoms with Gasteiger partial charge in [-0.05, 0) is 19.4 Å². The summed E-state index contributed by atoms with van der Waals surface area (Å²) >= 11 is 0. The van der Waals surface area contributed by atoms with E-state index >= 15 is 0 Å². The highest BCUT2D eigenvalue weighted by Crippen LogP contribution is 2.15. The Balaban J connectivity index is 1.74. The van der Waals surface area contributed by atoms with Crippen molar-refractivity contribution in [2.75, 3.05) is 26.3 Å². The number of esters is 1. The number of hydrogen-bond acceptors (Lipinski definition) is 4. The summed E-state index contributed by atoms with van der Waals surface area (Å²) < 4.78 is 10.2. The molecule has 2 aliphatic rings. The molecule has 1 atom stereocenters. The van der Waals surface area contributed by atoms with E-state index in [2.05, 4.69) is 5.32 Å². The van der Waals surface area contributed by atoms with E-state index in [9.17, 15) is 4.79 Å². The third-order valence-corrected chi connectivity index (χ3v) is 2.52. The van der Waals surface area contributed by atoms with Crippen molar-refractivity contribution in [1.29, 1.82) is 0 Å². The average molecular weight is 185 g/mol. The molecule has 0 bridgehead atoms. The van der Waals surface area contributed by atoms with Crippen LogP contribution in [-0.4, -0.2) is 38.4 Å². The number of ether oxygens (including phenoxy) is 2. The van der Waals surface area contributed by atoms with E-state index in [1.165, 1.54) is 0 Å². The van der Waals surface area contributed by atoms with Gasteiger partial charge in [-0.3, -0.25) is 4.79 Å². The summed E-state index contributed by atoms with van der Waals surface area (Å²) in [4.78, 5) is 11.5. The van der Waals surface area contributed by atoms with Crippen LogP contribution in [0.5, 0.6) is 0 Å². The lowest BCUT2D eigenvalue weighted by atomic mass is 10.00. The van der Waals surface area contributed by atoms with Crippen molar-refractivity contribution in [3.8, 4) is 0 Å². The summed E-state index contributed by atoms with van der Waals surface area (Å²) in [6, 6.07) is 0. The molecular weight excluding hydrogens is 170 g/mol. The first-order valence-electron chi connectivity index (χ1n) is 4.85. The summed E-state index contributed by atoms with van der Waals surface area (Å²) in [6.07, 6.45) is 2.05. The largest absolute Gasteiger partial charge is 0.457 e. The predicted octanol–water partition coefficient (Wildman–Crippen LogP) is -0.0720. The zero-order chi connectivity index (χ0) is 9.10. The molecule has 0 amide bonds. The number of carbonyl (C=O) groups is 1. The molecular formula is C9H15NO3. The molecule has 4 heteroatoms. The van der Waals surface area contributed by atoms with Crippen LogP contribution in [0.4, 0.5) is 0 Å². The number of hydrogen-bond donors (Lipinski definition) is 1. The maximum atomic E-state index is 11.5. The van der Waals surface area contributed by atoms with Crippen molar-refractivity contribution in [1.82, 2.24) is 5.32 Å². The highest BCUT2D eigenvalue weighted by Gasteiger charge is 2.28. The molecule has 0 aromatic carbocycles. The molecule has 2 rings (SSSR count). The van der Waals surface area contributed by atoms with Crippen molar-refractivity contribution in [2.45, 2.75) is 18.9 Å². The van der Waals surface area contributed by atoms with Crippen molar-refractivity contribution in [2.24, 2.45) is 5.92 Å². The lowest BCUT2D eigenvalue weighted by Crippen LogP contribution is -2.42. The summed E-state index contributed by atoms with van der Waals surface area (Å²) in [5, 5.41) is 3.19. The second-order valence-electron chi connectivity index (χ2n) is 3.64. The van der Waals surface area contributed by atoms with Gasteiger partial charge in [-0.15, -0.1) is 0 Å². The van der Waals surface area contributed by atoms with E-state index in [1.807, 2.05) is 0 Å². The molecule has 13 heavy (non-hydrogen) atoms. The third kappa shape index (κ3) is 2.19.